The summed E-state index contributed by atoms with van der Waals surface area (Å²) in [5.41, 5.74) is 1.40. The smallest absolute Gasteiger partial charge is 0.378 e. The molecule has 5 nitrogen and oxygen atoms in total. The molecule has 1 aromatic heterocycles. The molecular weight excluding hydrogens is 494 g/mol. The molecule has 2 saturated heterocycles. The number of rotatable bonds is 3. The monoisotopic (exact) mass is 519 g/mol. The molecule has 0 saturated carbocycles. The quantitative estimate of drug-likeness (QED) is 0.399. The van der Waals surface area contributed by atoms with Crippen LogP contribution in [0.3, 0.4) is 0 Å². The van der Waals surface area contributed by atoms with Gasteiger partial charge in [0.2, 0.25) is 0 Å². The molecule has 5 rings (SSSR count). The Balaban J connectivity index is 1.42. The first-order chi connectivity index (χ1) is 17.3. The molecule has 190 valence electrons. The summed E-state index contributed by atoms with van der Waals surface area (Å²) >= 11 is 1.46. The van der Waals surface area contributed by atoms with Crippen molar-refractivity contribution in [3.05, 3.63) is 75.9 Å². The van der Waals surface area contributed by atoms with E-state index in [1.807, 2.05) is 5.38 Å². The number of aromatic nitrogens is 1. The van der Waals surface area contributed by atoms with Crippen molar-refractivity contribution in [2.75, 3.05) is 39.4 Å². The van der Waals surface area contributed by atoms with Crippen molar-refractivity contribution in [2.24, 2.45) is 0 Å². The number of carbonyl (C=O) groups is 1. The largest absolute Gasteiger partial charge is 0.416 e. The molecule has 2 amide bonds. The van der Waals surface area contributed by atoms with Crippen molar-refractivity contribution in [1.82, 2.24) is 14.8 Å². The van der Waals surface area contributed by atoms with Gasteiger partial charge in [-0.3, -0.25) is 0 Å². The standard InChI is InChI=1S/C26H25F4N3O2S/c27-22-3-1-2-18(13-22)23-16-36-24(31-23)20-12-19(17-4-6-21(7-5-17)26(28,29)30)14-33(15-20)25(34)32-8-10-35-11-9-32/h1-7,13,16,19-20H,8-12,14-15H2. The van der Waals surface area contributed by atoms with Gasteiger partial charge in [0.15, 0.2) is 0 Å². The van der Waals surface area contributed by atoms with Crippen molar-refractivity contribution >= 4 is 17.4 Å². The van der Waals surface area contributed by atoms with Crippen LogP contribution in [0.15, 0.2) is 53.9 Å². The van der Waals surface area contributed by atoms with Crippen molar-refractivity contribution < 1.29 is 27.1 Å². The minimum Gasteiger partial charge on any atom is -0.378 e. The number of halogens is 4. The molecule has 0 aliphatic carbocycles. The maximum absolute atomic E-state index is 13.7. The van der Waals surface area contributed by atoms with Crippen molar-refractivity contribution in [3.63, 3.8) is 0 Å². The predicted octanol–water partition coefficient (Wildman–Crippen LogP) is 5.99. The number of hydrogen-bond donors (Lipinski definition) is 0. The fourth-order valence-corrected chi connectivity index (χ4v) is 5.77. The van der Waals surface area contributed by atoms with Crippen LogP contribution in [0.2, 0.25) is 0 Å². The Bertz CT molecular complexity index is 1210. The van der Waals surface area contributed by atoms with E-state index < -0.39 is 11.7 Å². The Morgan fingerprint density at radius 3 is 2.42 bits per heavy atom. The van der Waals surface area contributed by atoms with Gasteiger partial charge in [-0.2, -0.15) is 13.2 Å². The van der Waals surface area contributed by atoms with E-state index in [2.05, 4.69) is 0 Å². The zero-order chi connectivity index (χ0) is 25.3. The predicted molar refractivity (Wildman–Crippen MR) is 128 cm³/mol. The maximum Gasteiger partial charge on any atom is 0.416 e. The lowest BCUT2D eigenvalue weighted by Gasteiger charge is -2.40. The van der Waals surface area contributed by atoms with Crippen LogP contribution in [0.4, 0.5) is 22.4 Å². The van der Waals surface area contributed by atoms with Gasteiger partial charge in [0.25, 0.3) is 0 Å². The molecule has 3 aromatic rings. The lowest BCUT2D eigenvalue weighted by atomic mass is 9.84. The van der Waals surface area contributed by atoms with Crippen LogP contribution < -0.4 is 0 Å². The average molecular weight is 520 g/mol. The van der Waals surface area contributed by atoms with Crippen molar-refractivity contribution in [3.8, 4) is 11.3 Å². The lowest BCUT2D eigenvalue weighted by molar-refractivity contribution is -0.137. The molecule has 2 unspecified atom stereocenters. The Labute approximate surface area is 210 Å². The SMILES string of the molecule is O=C(N1CCOCC1)N1CC(c2ccc(C(F)(F)F)cc2)CC(c2nc(-c3cccc(F)c3)cs2)C1. The molecule has 3 heterocycles. The van der Waals surface area contributed by atoms with Crippen LogP contribution in [0.25, 0.3) is 11.3 Å². The van der Waals surface area contributed by atoms with Crippen LogP contribution in [0, 0.1) is 5.82 Å². The number of amides is 2. The zero-order valence-corrected chi connectivity index (χ0v) is 20.2. The third-order valence-corrected chi connectivity index (χ3v) is 7.71. The molecule has 2 aliphatic heterocycles. The molecular formula is C26H25F4N3O2S. The number of morpholine rings is 1. The van der Waals surface area contributed by atoms with Crippen LogP contribution in [0.1, 0.15) is 34.4 Å². The minimum absolute atomic E-state index is 0.0941. The highest BCUT2D eigenvalue weighted by Crippen LogP contribution is 2.39. The number of hydrogen-bond acceptors (Lipinski definition) is 4. The molecule has 0 spiro atoms. The number of alkyl halides is 3. The summed E-state index contributed by atoms with van der Waals surface area (Å²) in [7, 11) is 0. The third-order valence-electron chi connectivity index (χ3n) is 6.70. The van der Waals surface area contributed by atoms with E-state index in [0.717, 1.165) is 22.7 Å². The average Bonchev–Trinajstić information content (AvgIpc) is 3.39. The van der Waals surface area contributed by atoms with E-state index in [1.165, 1.54) is 35.6 Å². The molecule has 2 aliphatic rings. The normalized spacial score (nSPS) is 21.0. The van der Waals surface area contributed by atoms with Crippen molar-refractivity contribution in [1.29, 1.82) is 0 Å². The third kappa shape index (κ3) is 5.39. The Kier molecular flexibility index (Phi) is 6.98. The number of nitrogens with zero attached hydrogens (tertiary/aromatic N) is 3. The van der Waals surface area contributed by atoms with Crippen LogP contribution >= 0.6 is 11.3 Å². The van der Waals surface area contributed by atoms with Crippen molar-refractivity contribution in [2.45, 2.75) is 24.4 Å². The van der Waals surface area contributed by atoms with Gasteiger partial charge >= 0.3 is 12.2 Å². The van der Waals surface area contributed by atoms with Gasteiger partial charge in [-0.15, -0.1) is 11.3 Å². The zero-order valence-electron chi connectivity index (χ0n) is 19.4. The van der Waals surface area contributed by atoms with E-state index in [9.17, 15) is 22.4 Å². The highest BCUT2D eigenvalue weighted by atomic mass is 32.1. The molecule has 0 N–H and O–H groups in total. The fourth-order valence-electron chi connectivity index (χ4n) is 4.83. The molecule has 10 heteroatoms. The number of piperidine rings is 1. The number of thiazole rings is 1. The molecule has 0 bridgehead atoms. The summed E-state index contributed by atoms with van der Waals surface area (Å²) in [6, 6.07) is 11.3. The summed E-state index contributed by atoms with van der Waals surface area (Å²) in [6.07, 6.45) is -3.76. The second-order valence-electron chi connectivity index (χ2n) is 9.12. The van der Waals surface area contributed by atoms with Gasteiger partial charge in [0.1, 0.15) is 5.82 Å². The highest BCUT2D eigenvalue weighted by Gasteiger charge is 2.36. The summed E-state index contributed by atoms with van der Waals surface area (Å²) < 4.78 is 58.4. The van der Waals surface area contributed by atoms with Gasteiger partial charge in [0, 0.05) is 49.0 Å². The highest BCUT2D eigenvalue weighted by molar-refractivity contribution is 7.10. The van der Waals surface area contributed by atoms with E-state index >= 15 is 0 Å². The summed E-state index contributed by atoms with van der Waals surface area (Å²) in [5.74, 6) is -0.578. The number of carbonyl (C=O) groups excluding carboxylic acids is 1. The Hall–Kier alpha value is -2.98. The molecule has 2 fully saturated rings. The number of likely N-dealkylation sites (tertiary alicyclic amines) is 1. The van der Waals surface area contributed by atoms with Crippen LogP contribution in [-0.4, -0.2) is 60.2 Å². The summed E-state index contributed by atoms with van der Waals surface area (Å²) in [5, 5.41) is 2.70. The van der Waals surface area contributed by atoms with Gasteiger partial charge in [-0.1, -0.05) is 24.3 Å². The van der Waals surface area contributed by atoms with E-state index in [-0.39, 0.29) is 23.7 Å². The first kappa shape index (κ1) is 24.7. The van der Waals surface area contributed by atoms with E-state index in [0.29, 0.717) is 57.1 Å². The minimum atomic E-state index is -4.40. The molecule has 2 atom stereocenters. The second kappa shape index (κ2) is 10.2. The molecule has 36 heavy (non-hydrogen) atoms. The first-order valence-corrected chi connectivity index (χ1v) is 12.7. The van der Waals surface area contributed by atoms with E-state index in [1.54, 1.807) is 21.9 Å². The Morgan fingerprint density at radius 2 is 1.72 bits per heavy atom. The van der Waals surface area contributed by atoms with Crippen LogP contribution in [-0.2, 0) is 10.9 Å². The second-order valence-corrected chi connectivity index (χ2v) is 10.0. The molecule has 2 aromatic carbocycles. The summed E-state index contributed by atoms with van der Waals surface area (Å²) in [6.45, 7) is 2.85. The van der Waals surface area contributed by atoms with Gasteiger partial charge in [-0.05, 0) is 36.2 Å². The number of urea groups is 1. The number of ether oxygens (including phenoxy) is 1. The number of benzene rings is 2. The molecule has 0 radical (unpaired) electrons. The fraction of sp³-hybridized carbons (Fsp3) is 0.385. The first-order valence-electron chi connectivity index (χ1n) is 11.8. The lowest BCUT2D eigenvalue weighted by Crippen LogP contribution is -2.52. The summed E-state index contributed by atoms with van der Waals surface area (Å²) in [4.78, 5) is 21.6. The van der Waals surface area contributed by atoms with Gasteiger partial charge in [0.05, 0.1) is 29.5 Å². The van der Waals surface area contributed by atoms with Gasteiger partial charge in [-0.25, -0.2) is 14.2 Å². The topological polar surface area (TPSA) is 45.7 Å². The van der Waals surface area contributed by atoms with Gasteiger partial charge < -0.3 is 14.5 Å². The Morgan fingerprint density at radius 1 is 1.00 bits per heavy atom. The van der Waals surface area contributed by atoms with E-state index in [4.69, 9.17) is 9.72 Å². The maximum atomic E-state index is 13.7. The van der Waals surface area contributed by atoms with Crippen LogP contribution in [0.5, 0.6) is 0 Å².